The van der Waals surface area contributed by atoms with Crippen LogP contribution in [0, 0.1) is 5.92 Å². The van der Waals surface area contributed by atoms with E-state index in [-0.39, 0.29) is 5.92 Å². The van der Waals surface area contributed by atoms with Crippen LogP contribution in [0.2, 0.25) is 0 Å². The summed E-state index contributed by atoms with van der Waals surface area (Å²) in [5, 5.41) is 0. The molecule has 4 heteroatoms. The van der Waals surface area contributed by atoms with Crippen molar-refractivity contribution < 1.29 is 18.9 Å². The topological polar surface area (TPSA) is 36.9 Å². The largest absolute Gasteiger partial charge is 0.493 e. The summed E-state index contributed by atoms with van der Waals surface area (Å²) in [5.41, 5.74) is 1.17. The summed E-state index contributed by atoms with van der Waals surface area (Å²) in [6.07, 6.45) is 0.830. The van der Waals surface area contributed by atoms with Gasteiger partial charge in [0.05, 0.1) is 12.5 Å². The van der Waals surface area contributed by atoms with Crippen molar-refractivity contribution >= 4 is 0 Å². The summed E-state index contributed by atoms with van der Waals surface area (Å²) in [6, 6.07) is 8.08. The summed E-state index contributed by atoms with van der Waals surface area (Å²) in [6.45, 7) is 8.00. The lowest BCUT2D eigenvalue weighted by molar-refractivity contribution is -0.404. The minimum Gasteiger partial charge on any atom is -0.493 e. The molecule has 112 valence electrons. The van der Waals surface area contributed by atoms with E-state index in [1.807, 2.05) is 39.0 Å². The first kappa shape index (κ1) is 15.3. The second-order valence-corrected chi connectivity index (χ2v) is 4.72. The standard InChI is InChI=1S/C16H24O4/c1-4-18-16(19-5-2,20-6-3)14-11-13-9-7-8-10-15(13)17-12-14/h7-10,14H,4-6,11-12H2,1-3H3. The van der Waals surface area contributed by atoms with Crippen molar-refractivity contribution in [2.75, 3.05) is 26.4 Å². The highest BCUT2D eigenvalue weighted by atomic mass is 16.9. The third kappa shape index (κ3) is 3.14. The maximum atomic E-state index is 5.84. The summed E-state index contributed by atoms with van der Waals surface area (Å²) >= 11 is 0. The molecule has 0 radical (unpaired) electrons. The second kappa shape index (κ2) is 7.07. The Labute approximate surface area is 121 Å². The number of rotatable bonds is 7. The molecule has 4 nitrogen and oxygen atoms in total. The Morgan fingerprint density at radius 3 is 2.25 bits per heavy atom. The molecule has 1 aliphatic heterocycles. The van der Waals surface area contributed by atoms with Crippen LogP contribution in [0.25, 0.3) is 0 Å². The fourth-order valence-electron chi connectivity index (χ4n) is 2.64. The number of fused-ring (bicyclic) bond motifs is 1. The molecule has 0 spiro atoms. The van der Waals surface area contributed by atoms with Crippen LogP contribution in [-0.2, 0) is 20.6 Å². The predicted molar refractivity (Wildman–Crippen MR) is 76.7 cm³/mol. The molecule has 0 fully saturated rings. The van der Waals surface area contributed by atoms with Gasteiger partial charge in [0, 0.05) is 19.8 Å². The van der Waals surface area contributed by atoms with E-state index in [1.165, 1.54) is 5.56 Å². The molecule has 20 heavy (non-hydrogen) atoms. The number of benzene rings is 1. The first-order chi connectivity index (χ1) is 9.75. The minimum absolute atomic E-state index is 0.0252. The van der Waals surface area contributed by atoms with Crippen LogP contribution in [0.5, 0.6) is 5.75 Å². The Morgan fingerprint density at radius 2 is 1.65 bits per heavy atom. The highest BCUT2D eigenvalue weighted by Gasteiger charge is 2.44. The number of hydrogen-bond acceptors (Lipinski definition) is 4. The Morgan fingerprint density at radius 1 is 1.05 bits per heavy atom. The summed E-state index contributed by atoms with van der Waals surface area (Å²) in [4.78, 5) is 0. The van der Waals surface area contributed by atoms with Gasteiger partial charge in [-0.15, -0.1) is 0 Å². The lowest BCUT2D eigenvalue weighted by atomic mass is 9.94. The maximum Gasteiger partial charge on any atom is 0.289 e. The lowest BCUT2D eigenvalue weighted by Crippen LogP contribution is -2.50. The van der Waals surface area contributed by atoms with Gasteiger partial charge in [0.15, 0.2) is 0 Å². The van der Waals surface area contributed by atoms with Crippen molar-refractivity contribution in [3.05, 3.63) is 29.8 Å². The average molecular weight is 280 g/mol. The van der Waals surface area contributed by atoms with Gasteiger partial charge in [-0.1, -0.05) is 18.2 Å². The van der Waals surface area contributed by atoms with Gasteiger partial charge in [0.2, 0.25) is 0 Å². The molecule has 0 aliphatic carbocycles. The van der Waals surface area contributed by atoms with Crippen LogP contribution in [-0.4, -0.2) is 32.4 Å². The number of hydrogen-bond donors (Lipinski definition) is 0. The third-order valence-electron chi connectivity index (χ3n) is 3.42. The minimum atomic E-state index is -1.01. The molecule has 0 N–H and O–H groups in total. The highest BCUT2D eigenvalue weighted by Crippen LogP contribution is 2.35. The summed E-state index contributed by atoms with van der Waals surface area (Å²) < 4.78 is 23.4. The molecule has 1 aliphatic rings. The van der Waals surface area contributed by atoms with Gasteiger partial charge >= 0.3 is 0 Å². The zero-order valence-corrected chi connectivity index (χ0v) is 12.6. The molecule has 0 amide bonds. The molecule has 1 unspecified atom stereocenters. The fourth-order valence-corrected chi connectivity index (χ4v) is 2.64. The van der Waals surface area contributed by atoms with E-state index in [0.29, 0.717) is 26.4 Å². The van der Waals surface area contributed by atoms with Crippen molar-refractivity contribution in [2.45, 2.75) is 33.2 Å². The molecule has 1 heterocycles. The van der Waals surface area contributed by atoms with Crippen molar-refractivity contribution in [2.24, 2.45) is 5.92 Å². The summed E-state index contributed by atoms with van der Waals surface area (Å²) in [5.74, 6) is -0.0365. The maximum absolute atomic E-state index is 5.84. The third-order valence-corrected chi connectivity index (χ3v) is 3.42. The van der Waals surface area contributed by atoms with Crippen LogP contribution in [0.1, 0.15) is 26.3 Å². The normalized spacial score (nSPS) is 18.4. The first-order valence-corrected chi connectivity index (χ1v) is 7.38. The van der Waals surface area contributed by atoms with Gasteiger partial charge in [-0.05, 0) is 38.8 Å². The van der Waals surface area contributed by atoms with Gasteiger partial charge in [-0.2, -0.15) is 0 Å². The van der Waals surface area contributed by atoms with E-state index in [9.17, 15) is 0 Å². The monoisotopic (exact) mass is 280 g/mol. The van der Waals surface area contributed by atoms with Crippen LogP contribution in [0.15, 0.2) is 24.3 Å². The molecule has 0 bridgehead atoms. The van der Waals surface area contributed by atoms with Gasteiger partial charge < -0.3 is 18.9 Å². The highest BCUT2D eigenvalue weighted by molar-refractivity contribution is 5.35. The van der Waals surface area contributed by atoms with Gasteiger partial charge in [0.1, 0.15) is 5.75 Å². The number of para-hydroxylation sites is 1. The summed E-state index contributed by atoms with van der Waals surface area (Å²) in [7, 11) is 0. The van der Waals surface area contributed by atoms with E-state index in [2.05, 4.69) is 6.07 Å². The van der Waals surface area contributed by atoms with Gasteiger partial charge in [0.25, 0.3) is 5.97 Å². The lowest BCUT2D eigenvalue weighted by Gasteiger charge is -2.40. The first-order valence-electron chi connectivity index (χ1n) is 7.38. The molecule has 0 aromatic heterocycles. The van der Waals surface area contributed by atoms with E-state index in [1.54, 1.807) is 0 Å². The van der Waals surface area contributed by atoms with Crippen molar-refractivity contribution in [3.63, 3.8) is 0 Å². The van der Waals surface area contributed by atoms with E-state index in [4.69, 9.17) is 18.9 Å². The van der Waals surface area contributed by atoms with Crippen molar-refractivity contribution in [1.29, 1.82) is 0 Å². The number of ether oxygens (including phenoxy) is 4. The predicted octanol–water partition coefficient (Wildman–Crippen LogP) is 3.00. The SMILES string of the molecule is CCOC(OCC)(OCC)C1COc2ccccc2C1. The second-order valence-electron chi connectivity index (χ2n) is 4.72. The smallest absolute Gasteiger partial charge is 0.289 e. The van der Waals surface area contributed by atoms with E-state index < -0.39 is 5.97 Å². The molecule has 1 aromatic carbocycles. The zero-order valence-electron chi connectivity index (χ0n) is 12.6. The Kier molecular flexibility index (Phi) is 5.40. The van der Waals surface area contributed by atoms with Crippen LogP contribution < -0.4 is 4.74 Å². The zero-order chi connectivity index (χ0) is 14.4. The molecule has 0 saturated carbocycles. The Bertz CT molecular complexity index is 402. The Balaban J connectivity index is 2.21. The van der Waals surface area contributed by atoms with Crippen LogP contribution in [0.3, 0.4) is 0 Å². The van der Waals surface area contributed by atoms with Crippen molar-refractivity contribution in [1.82, 2.24) is 0 Å². The molecule has 0 saturated heterocycles. The van der Waals surface area contributed by atoms with Crippen LogP contribution >= 0.6 is 0 Å². The quantitative estimate of drug-likeness (QED) is 0.719. The van der Waals surface area contributed by atoms with E-state index >= 15 is 0 Å². The molecular formula is C16H24O4. The van der Waals surface area contributed by atoms with Crippen LogP contribution in [0.4, 0.5) is 0 Å². The average Bonchev–Trinajstić information content (AvgIpc) is 2.47. The van der Waals surface area contributed by atoms with Gasteiger partial charge in [-0.25, -0.2) is 0 Å². The molecule has 1 atom stereocenters. The molecule has 1 aromatic rings. The molecule has 2 rings (SSSR count). The van der Waals surface area contributed by atoms with Crippen molar-refractivity contribution in [3.8, 4) is 5.75 Å². The molecular weight excluding hydrogens is 256 g/mol. The fraction of sp³-hybridized carbons (Fsp3) is 0.625. The Hall–Kier alpha value is -1.10. The van der Waals surface area contributed by atoms with Gasteiger partial charge in [-0.3, -0.25) is 0 Å². The van der Waals surface area contributed by atoms with E-state index in [0.717, 1.165) is 12.2 Å².